The van der Waals surface area contributed by atoms with Crippen LogP contribution in [0.5, 0.6) is 5.75 Å². The van der Waals surface area contributed by atoms with Crippen LogP contribution in [0.25, 0.3) is 0 Å². The zero-order valence-electron chi connectivity index (χ0n) is 8.87. The van der Waals surface area contributed by atoms with E-state index >= 15 is 0 Å². The molecule has 0 aliphatic rings. The number of nitrogens with two attached hydrogens (primary N) is 1. The van der Waals surface area contributed by atoms with Gasteiger partial charge in [0, 0.05) is 0 Å². The highest BCUT2D eigenvalue weighted by atomic mass is 35.5. The molecule has 1 aromatic carbocycles. The maximum atomic E-state index is 12.0. The lowest BCUT2D eigenvalue weighted by Crippen LogP contribution is -2.32. The number of hydrogen-bond acceptors (Lipinski definition) is 3. The summed E-state index contributed by atoms with van der Waals surface area (Å²) >= 11 is 5.59. The molecule has 1 aromatic rings. The first kappa shape index (κ1) is 14.6. The zero-order valence-corrected chi connectivity index (χ0v) is 9.63. The van der Waals surface area contributed by atoms with Crippen LogP contribution >= 0.6 is 11.6 Å². The molecule has 1 rings (SSSR count). The Morgan fingerprint density at radius 1 is 1.50 bits per heavy atom. The normalized spacial score (nSPS) is 13.2. The van der Waals surface area contributed by atoms with E-state index in [0.29, 0.717) is 5.56 Å². The second-order valence-electron chi connectivity index (χ2n) is 3.46. The number of benzene rings is 1. The molecule has 0 bridgehead atoms. The van der Waals surface area contributed by atoms with Crippen LogP contribution in [0, 0.1) is 0 Å². The molecule has 0 heterocycles. The third kappa shape index (κ3) is 4.42. The fraction of sp³-hybridized carbons (Fsp3) is 0.300. The first-order chi connectivity index (χ1) is 8.19. The molecule has 0 saturated heterocycles. The van der Waals surface area contributed by atoms with E-state index in [1.807, 2.05) is 0 Å². The highest BCUT2D eigenvalue weighted by molar-refractivity contribution is 6.32. The number of aliphatic carboxylic acids is 1. The predicted molar refractivity (Wildman–Crippen MR) is 57.5 cm³/mol. The molecule has 0 aromatic heterocycles. The van der Waals surface area contributed by atoms with Gasteiger partial charge in [-0.05, 0) is 24.1 Å². The number of halogens is 4. The molecular formula is C10H9ClF3NO3. The highest BCUT2D eigenvalue weighted by Gasteiger charge is 2.32. The van der Waals surface area contributed by atoms with Crippen molar-refractivity contribution in [2.45, 2.75) is 18.8 Å². The first-order valence-electron chi connectivity index (χ1n) is 4.71. The SMILES string of the molecule is N[C@@H](Cc1ccc(OC(F)(F)F)c(Cl)c1)C(=O)O. The lowest BCUT2D eigenvalue weighted by atomic mass is 10.1. The standard InChI is InChI=1S/C10H9ClF3NO3/c11-6-3-5(4-7(15)9(16)17)1-2-8(6)18-10(12,13)14/h1-3,7H,4,15H2,(H,16,17)/t7-/m0/s1. The molecule has 8 heteroatoms. The Morgan fingerprint density at radius 2 is 2.11 bits per heavy atom. The monoisotopic (exact) mass is 283 g/mol. The van der Waals surface area contributed by atoms with Crippen molar-refractivity contribution in [2.75, 3.05) is 0 Å². The van der Waals surface area contributed by atoms with Crippen LogP contribution < -0.4 is 10.5 Å². The number of carbonyl (C=O) groups is 1. The smallest absolute Gasteiger partial charge is 0.480 e. The van der Waals surface area contributed by atoms with Crippen LogP contribution in [-0.4, -0.2) is 23.5 Å². The van der Waals surface area contributed by atoms with Crippen LogP contribution in [0.15, 0.2) is 18.2 Å². The molecule has 0 unspecified atom stereocenters. The quantitative estimate of drug-likeness (QED) is 0.888. The van der Waals surface area contributed by atoms with E-state index in [-0.39, 0.29) is 11.4 Å². The fourth-order valence-corrected chi connectivity index (χ4v) is 1.46. The average molecular weight is 284 g/mol. The molecule has 0 saturated carbocycles. The summed E-state index contributed by atoms with van der Waals surface area (Å²) in [6.07, 6.45) is -4.87. The summed E-state index contributed by atoms with van der Waals surface area (Å²) in [6.45, 7) is 0. The first-order valence-corrected chi connectivity index (χ1v) is 5.09. The second kappa shape index (κ2) is 5.45. The summed E-state index contributed by atoms with van der Waals surface area (Å²) in [7, 11) is 0. The number of carboxylic acid groups (broad SMARTS) is 1. The number of rotatable bonds is 4. The topological polar surface area (TPSA) is 72.5 Å². The van der Waals surface area contributed by atoms with Crippen molar-refractivity contribution in [3.05, 3.63) is 28.8 Å². The van der Waals surface area contributed by atoms with Gasteiger partial charge < -0.3 is 15.6 Å². The number of ether oxygens (including phenoxy) is 1. The van der Waals surface area contributed by atoms with Crippen molar-refractivity contribution in [3.63, 3.8) is 0 Å². The summed E-state index contributed by atoms with van der Waals surface area (Å²) < 4.78 is 39.5. The van der Waals surface area contributed by atoms with Gasteiger partial charge in [0.1, 0.15) is 11.8 Å². The van der Waals surface area contributed by atoms with Crippen molar-refractivity contribution in [3.8, 4) is 5.75 Å². The Morgan fingerprint density at radius 3 is 2.56 bits per heavy atom. The van der Waals surface area contributed by atoms with Crippen LogP contribution in [0.1, 0.15) is 5.56 Å². The minimum Gasteiger partial charge on any atom is -0.480 e. The average Bonchev–Trinajstić information content (AvgIpc) is 2.20. The third-order valence-corrected chi connectivity index (χ3v) is 2.29. The van der Waals surface area contributed by atoms with Crippen LogP contribution in [0.3, 0.4) is 0 Å². The van der Waals surface area contributed by atoms with Crippen molar-refractivity contribution in [2.24, 2.45) is 5.73 Å². The van der Waals surface area contributed by atoms with Gasteiger partial charge in [0.2, 0.25) is 0 Å². The third-order valence-electron chi connectivity index (χ3n) is 1.99. The largest absolute Gasteiger partial charge is 0.573 e. The van der Waals surface area contributed by atoms with E-state index in [1.54, 1.807) is 0 Å². The maximum absolute atomic E-state index is 12.0. The number of hydrogen-bond donors (Lipinski definition) is 2. The summed E-state index contributed by atoms with van der Waals surface area (Å²) in [5, 5.41) is 8.33. The van der Waals surface area contributed by atoms with Crippen LogP contribution in [-0.2, 0) is 11.2 Å². The lowest BCUT2D eigenvalue weighted by molar-refractivity contribution is -0.274. The Balaban J connectivity index is 2.83. The van der Waals surface area contributed by atoms with Crippen molar-refractivity contribution >= 4 is 17.6 Å². The summed E-state index contributed by atoms with van der Waals surface area (Å²) in [5.74, 6) is -1.75. The number of alkyl halides is 3. The fourth-order valence-electron chi connectivity index (χ4n) is 1.22. The minimum atomic E-state index is -4.83. The predicted octanol–water partition coefficient (Wildman–Crippen LogP) is 2.19. The highest BCUT2D eigenvalue weighted by Crippen LogP contribution is 2.30. The summed E-state index contributed by atoms with van der Waals surface area (Å²) in [6, 6.07) is 2.33. The second-order valence-corrected chi connectivity index (χ2v) is 3.87. The molecule has 18 heavy (non-hydrogen) atoms. The van der Waals surface area contributed by atoms with Gasteiger partial charge in [-0.15, -0.1) is 13.2 Å². The zero-order chi connectivity index (χ0) is 13.9. The van der Waals surface area contributed by atoms with Gasteiger partial charge in [0.25, 0.3) is 0 Å². The Kier molecular flexibility index (Phi) is 4.42. The molecule has 0 aliphatic carbocycles. The molecule has 1 atom stereocenters. The minimum absolute atomic E-state index is 0.0403. The molecular weight excluding hydrogens is 275 g/mol. The number of carboxylic acids is 1. The summed E-state index contributed by atoms with van der Waals surface area (Å²) in [4.78, 5) is 10.5. The van der Waals surface area contributed by atoms with Gasteiger partial charge in [-0.2, -0.15) is 0 Å². The Labute approximate surface area is 105 Å². The van der Waals surface area contributed by atoms with Gasteiger partial charge in [-0.25, -0.2) is 0 Å². The molecule has 0 spiro atoms. The molecule has 0 amide bonds. The van der Waals surface area contributed by atoms with Crippen LogP contribution in [0.4, 0.5) is 13.2 Å². The van der Waals surface area contributed by atoms with Gasteiger partial charge in [0.15, 0.2) is 0 Å². The van der Waals surface area contributed by atoms with Gasteiger partial charge in [-0.3, -0.25) is 4.79 Å². The Bertz CT molecular complexity index is 450. The maximum Gasteiger partial charge on any atom is 0.573 e. The van der Waals surface area contributed by atoms with Gasteiger partial charge >= 0.3 is 12.3 Å². The lowest BCUT2D eigenvalue weighted by Gasteiger charge is -2.12. The van der Waals surface area contributed by atoms with Crippen molar-refractivity contribution in [1.82, 2.24) is 0 Å². The molecule has 0 radical (unpaired) electrons. The van der Waals surface area contributed by atoms with Crippen molar-refractivity contribution in [1.29, 1.82) is 0 Å². The van der Waals surface area contributed by atoms with Crippen LogP contribution in [0.2, 0.25) is 5.02 Å². The molecule has 100 valence electrons. The van der Waals surface area contributed by atoms with E-state index in [1.165, 1.54) is 12.1 Å². The molecule has 3 N–H and O–H groups in total. The van der Waals surface area contributed by atoms with E-state index < -0.39 is 24.1 Å². The molecule has 4 nitrogen and oxygen atoms in total. The van der Waals surface area contributed by atoms with E-state index in [4.69, 9.17) is 22.4 Å². The Hall–Kier alpha value is -1.47. The van der Waals surface area contributed by atoms with E-state index in [0.717, 1.165) is 6.07 Å². The summed E-state index contributed by atoms with van der Waals surface area (Å²) in [5.41, 5.74) is 5.69. The van der Waals surface area contributed by atoms with E-state index in [2.05, 4.69) is 4.74 Å². The van der Waals surface area contributed by atoms with E-state index in [9.17, 15) is 18.0 Å². The van der Waals surface area contributed by atoms with Gasteiger partial charge in [0.05, 0.1) is 5.02 Å². The molecule has 0 fully saturated rings. The van der Waals surface area contributed by atoms with Crippen molar-refractivity contribution < 1.29 is 27.8 Å². The van der Waals surface area contributed by atoms with Gasteiger partial charge in [-0.1, -0.05) is 17.7 Å². The molecule has 0 aliphatic heterocycles.